The predicted molar refractivity (Wildman–Crippen MR) is 65.8 cm³/mol. The Labute approximate surface area is 98.3 Å². The van der Waals surface area contributed by atoms with Crippen molar-refractivity contribution < 1.29 is 8.42 Å². The van der Waals surface area contributed by atoms with E-state index in [1.165, 1.54) is 11.3 Å². The average Bonchev–Trinajstić information content (AvgIpc) is 2.66. The molecule has 1 heterocycles. The summed E-state index contributed by atoms with van der Waals surface area (Å²) in [5, 5.41) is 1.74. The average molecular weight is 266 g/mol. The second-order valence-corrected chi connectivity index (χ2v) is 6.52. The van der Waals surface area contributed by atoms with E-state index < -0.39 is 10.0 Å². The Morgan fingerprint density at radius 1 is 1.60 bits per heavy atom. The third-order valence-corrected chi connectivity index (χ3v) is 5.01. The van der Waals surface area contributed by atoms with Crippen LogP contribution < -0.4 is 10.5 Å². The Kier molecular flexibility index (Phi) is 5.07. The van der Waals surface area contributed by atoms with Crippen molar-refractivity contribution in [3.8, 4) is 0 Å². The van der Waals surface area contributed by atoms with Crippen molar-refractivity contribution in [3.63, 3.8) is 0 Å². The van der Waals surface area contributed by atoms with Crippen molar-refractivity contribution in [1.82, 2.24) is 4.72 Å². The van der Waals surface area contributed by atoms with E-state index in [4.69, 9.17) is 5.73 Å². The number of thiophene rings is 1. The van der Waals surface area contributed by atoms with E-state index in [0.29, 0.717) is 16.3 Å². The number of thioether (sulfide) groups is 1. The number of nitrogens with two attached hydrogens (primary N) is 1. The van der Waals surface area contributed by atoms with Gasteiger partial charge in [-0.05, 0) is 17.7 Å². The molecule has 0 saturated heterocycles. The van der Waals surface area contributed by atoms with E-state index in [-0.39, 0.29) is 6.54 Å². The van der Waals surface area contributed by atoms with Crippen LogP contribution in [0.15, 0.2) is 16.3 Å². The molecular formula is C8H14N2O2S3. The Hall–Kier alpha value is -0.0800. The van der Waals surface area contributed by atoms with E-state index in [1.54, 1.807) is 23.2 Å². The molecule has 0 radical (unpaired) electrons. The summed E-state index contributed by atoms with van der Waals surface area (Å²) in [4.78, 5) is 1.02. The highest BCUT2D eigenvalue weighted by atomic mass is 32.2. The molecule has 3 N–H and O–H groups in total. The minimum absolute atomic E-state index is 0.260. The maximum Gasteiger partial charge on any atom is 0.241 e. The van der Waals surface area contributed by atoms with Gasteiger partial charge in [-0.15, -0.1) is 11.3 Å². The Bertz CT molecular complexity index is 400. The third-order valence-electron chi connectivity index (χ3n) is 1.78. The molecule has 0 aliphatic heterocycles. The van der Waals surface area contributed by atoms with Gasteiger partial charge in [0, 0.05) is 23.7 Å². The zero-order valence-electron chi connectivity index (χ0n) is 8.39. The molecule has 4 nitrogen and oxygen atoms in total. The zero-order valence-corrected chi connectivity index (χ0v) is 10.8. The van der Waals surface area contributed by atoms with E-state index >= 15 is 0 Å². The summed E-state index contributed by atoms with van der Waals surface area (Å²) >= 11 is 2.97. The van der Waals surface area contributed by atoms with Crippen LogP contribution in [0, 0.1) is 0 Å². The van der Waals surface area contributed by atoms with Crippen LogP contribution in [0.5, 0.6) is 0 Å². The minimum atomic E-state index is -3.36. The van der Waals surface area contributed by atoms with Gasteiger partial charge in [-0.1, -0.05) is 0 Å². The summed E-state index contributed by atoms with van der Waals surface area (Å²) in [6.07, 6.45) is 1.93. The van der Waals surface area contributed by atoms with Gasteiger partial charge in [0.25, 0.3) is 0 Å². The summed E-state index contributed by atoms with van der Waals surface area (Å²) in [5.74, 6) is 0.765. The molecule has 0 bridgehead atoms. The maximum atomic E-state index is 11.8. The maximum absolute atomic E-state index is 11.8. The fourth-order valence-electron chi connectivity index (χ4n) is 1.07. The molecule has 0 unspecified atom stereocenters. The molecule has 0 spiro atoms. The highest BCUT2D eigenvalue weighted by Crippen LogP contribution is 2.20. The largest absolute Gasteiger partial charge is 0.326 e. The molecule has 0 atom stereocenters. The number of hydrogen-bond acceptors (Lipinski definition) is 5. The molecule has 1 aromatic heterocycles. The first kappa shape index (κ1) is 13.0. The van der Waals surface area contributed by atoms with Crippen LogP contribution in [0.2, 0.25) is 0 Å². The van der Waals surface area contributed by atoms with Crippen molar-refractivity contribution in [2.45, 2.75) is 11.4 Å². The molecule has 0 amide bonds. The zero-order chi connectivity index (χ0) is 11.3. The van der Waals surface area contributed by atoms with Crippen LogP contribution in [-0.4, -0.2) is 27.0 Å². The first-order valence-corrected chi connectivity index (χ1v) is 8.12. The molecule has 0 saturated carbocycles. The summed E-state index contributed by atoms with van der Waals surface area (Å²) < 4.78 is 26.1. The number of hydrogen-bond donors (Lipinski definition) is 2. The minimum Gasteiger partial charge on any atom is -0.326 e. The lowest BCUT2D eigenvalue weighted by atomic mass is 10.5. The Balaban J connectivity index is 2.77. The summed E-state index contributed by atoms with van der Waals surface area (Å²) in [6.45, 7) is 0.708. The first-order valence-electron chi connectivity index (χ1n) is 4.37. The van der Waals surface area contributed by atoms with E-state index in [9.17, 15) is 8.42 Å². The Morgan fingerprint density at radius 3 is 2.93 bits per heavy atom. The first-order chi connectivity index (χ1) is 7.11. The topological polar surface area (TPSA) is 72.2 Å². The van der Waals surface area contributed by atoms with Crippen LogP contribution in [-0.2, 0) is 16.6 Å². The van der Waals surface area contributed by atoms with Gasteiger partial charge in [0.2, 0.25) is 10.0 Å². The highest BCUT2D eigenvalue weighted by molar-refractivity contribution is 7.98. The smallest absolute Gasteiger partial charge is 0.241 e. The fourth-order valence-corrected chi connectivity index (χ4v) is 3.87. The quantitative estimate of drug-likeness (QED) is 0.749. The van der Waals surface area contributed by atoms with Crippen molar-refractivity contribution >= 4 is 33.1 Å². The second-order valence-electron chi connectivity index (χ2n) is 2.80. The normalized spacial score (nSPS) is 11.9. The molecular weight excluding hydrogens is 252 g/mol. The van der Waals surface area contributed by atoms with Gasteiger partial charge < -0.3 is 5.73 Å². The van der Waals surface area contributed by atoms with Gasteiger partial charge in [0.05, 0.1) is 4.90 Å². The van der Waals surface area contributed by atoms with Crippen LogP contribution in [0.3, 0.4) is 0 Å². The molecule has 86 valence electrons. The van der Waals surface area contributed by atoms with Crippen molar-refractivity contribution in [3.05, 3.63) is 16.3 Å². The fraction of sp³-hybridized carbons (Fsp3) is 0.500. The second kappa shape index (κ2) is 5.86. The van der Waals surface area contributed by atoms with E-state index in [1.807, 2.05) is 6.26 Å². The van der Waals surface area contributed by atoms with Gasteiger partial charge in [-0.2, -0.15) is 11.8 Å². The van der Waals surface area contributed by atoms with Gasteiger partial charge in [-0.25, -0.2) is 13.1 Å². The van der Waals surface area contributed by atoms with Crippen LogP contribution in [0.25, 0.3) is 0 Å². The number of sulfonamides is 1. The molecule has 15 heavy (non-hydrogen) atoms. The van der Waals surface area contributed by atoms with Crippen LogP contribution in [0.1, 0.15) is 4.88 Å². The molecule has 1 aromatic rings. The number of nitrogens with one attached hydrogen (secondary N) is 1. The van der Waals surface area contributed by atoms with Crippen LogP contribution in [0.4, 0.5) is 0 Å². The lowest BCUT2D eigenvalue weighted by Crippen LogP contribution is -2.26. The summed E-state index contributed by atoms with van der Waals surface area (Å²) in [6, 6.07) is 1.59. The monoisotopic (exact) mass is 266 g/mol. The Morgan fingerprint density at radius 2 is 2.33 bits per heavy atom. The predicted octanol–water partition coefficient (Wildman–Crippen LogP) is 0.848. The lowest BCUT2D eigenvalue weighted by molar-refractivity contribution is 0.583. The van der Waals surface area contributed by atoms with Gasteiger partial charge in [-0.3, -0.25) is 0 Å². The standard InChI is InChI=1S/C8H14N2O2S3/c1-13-5-3-10-15(11,12)8-2-4-14-7(8)6-9/h2,4,10H,3,5-6,9H2,1H3. The van der Waals surface area contributed by atoms with Crippen LogP contribution >= 0.6 is 23.1 Å². The van der Waals surface area contributed by atoms with Gasteiger partial charge in [0.1, 0.15) is 0 Å². The molecule has 0 aliphatic rings. The molecule has 7 heteroatoms. The molecule has 1 rings (SSSR count). The van der Waals surface area contributed by atoms with Gasteiger partial charge in [0.15, 0.2) is 0 Å². The lowest BCUT2D eigenvalue weighted by Gasteiger charge is -2.05. The molecule has 0 fully saturated rings. The van der Waals surface area contributed by atoms with E-state index in [0.717, 1.165) is 5.75 Å². The van der Waals surface area contributed by atoms with Crippen molar-refractivity contribution in [2.75, 3.05) is 18.6 Å². The van der Waals surface area contributed by atoms with Crippen molar-refractivity contribution in [2.24, 2.45) is 5.73 Å². The SMILES string of the molecule is CSCCNS(=O)(=O)c1ccsc1CN. The summed E-state index contributed by atoms with van der Waals surface area (Å²) in [5.41, 5.74) is 5.46. The van der Waals surface area contributed by atoms with Gasteiger partial charge >= 0.3 is 0 Å². The third kappa shape index (κ3) is 3.46. The highest BCUT2D eigenvalue weighted by Gasteiger charge is 2.17. The molecule has 0 aromatic carbocycles. The van der Waals surface area contributed by atoms with Crippen molar-refractivity contribution in [1.29, 1.82) is 0 Å². The molecule has 0 aliphatic carbocycles. The number of rotatable bonds is 6. The summed E-state index contributed by atoms with van der Waals surface area (Å²) in [7, 11) is -3.36. The van der Waals surface area contributed by atoms with E-state index in [2.05, 4.69) is 4.72 Å².